The molecule has 0 radical (unpaired) electrons. The lowest BCUT2D eigenvalue weighted by molar-refractivity contribution is -0.145. The topological polar surface area (TPSA) is 81.1 Å². The fourth-order valence-corrected chi connectivity index (χ4v) is 4.52. The summed E-state index contributed by atoms with van der Waals surface area (Å²) < 4.78 is 5.59. The van der Waals surface area contributed by atoms with Crippen LogP contribution in [-0.2, 0) is 22.7 Å². The van der Waals surface area contributed by atoms with Crippen molar-refractivity contribution < 1.29 is 14.0 Å². The van der Waals surface area contributed by atoms with Gasteiger partial charge < -0.3 is 20.0 Å². The summed E-state index contributed by atoms with van der Waals surface area (Å²) in [5, 5.41) is 9.99. The van der Waals surface area contributed by atoms with E-state index in [0.717, 1.165) is 22.6 Å². The first-order valence-corrected chi connectivity index (χ1v) is 12.8. The van der Waals surface area contributed by atoms with Crippen LogP contribution in [0.2, 0.25) is 0 Å². The molecule has 37 heavy (non-hydrogen) atoms. The predicted octanol–water partition coefficient (Wildman–Crippen LogP) is 3.56. The first-order chi connectivity index (χ1) is 17.8. The molecule has 0 bridgehead atoms. The molecule has 0 atom stereocenters. The van der Waals surface area contributed by atoms with Gasteiger partial charge in [-0.25, -0.2) is 5.01 Å². The Morgan fingerprint density at radius 2 is 1.73 bits per heavy atom. The number of nitrogens with zero attached hydrogens (tertiary/aromatic N) is 3. The molecule has 2 amide bonds. The monoisotopic (exact) mass is 503 g/mol. The van der Waals surface area contributed by atoms with Crippen molar-refractivity contribution in [1.82, 2.24) is 20.7 Å². The third-order valence-corrected chi connectivity index (χ3v) is 6.63. The number of nitrogens with one attached hydrogen (secondary N) is 2. The Hall–Kier alpha value is -3.62. The van der Waals surface area contributed by atoms with Gasteiger partial charge in [-0.2, -0.15) is 0 Å². The zero-order valence-corrected chi connectivity index (χ0v) is 22.2. The van der Waals surface area contributed by atoms with E-state index in [4.69, 9.17) is 4.42 Å². The number of furan rings is 1. The lowest BCUT2D eigenvalue weighted by Gasteiger charge is -2.32. The van der Waals surface area contributed by atoms with Gasteiger partial charge in [0.25, 0.3) is 5.91 Å². The van der Waals surface area contributed by atoms with Crippen molar-refractivity contribution in [3.05, 3.63) is 77.6 Å². The molecule has 0 spiro atoms. The Bertz CT molecular complexity index is 1180. The van der Waals surface area contributed by atoms with Crippen LogP contribution in [0, 0.1) is 6.92 Å². The maximum absolute atomic E-state index is 13.5. The molecular formula is C29H37N5O3. The summed E-state index contributed by atoms with van der Waals surface area (Å²) in [5.74, 6) is 0.533. The highest BCUT2D eigenvalue weighted by Gasteiger charge is 2.27. The summed E-state index contributed by atoms with van der Waals surface area (Å²) in [4.78, 5) is 28.3. The van der Waals surface area contributed by atoms with Crippen LogP contribution in [0.4, 0.5) is 5.69 Å². The van der Waals surface area contributed by atoms with Crippen molar-refractivity contribution in [2.45, 2.75) is 39.9 Å². The molecule has 8 heteroatoms. The van der Waals surface area contributed by atoms with Gasteiger partial charge in [-0.1, -0.05) is 50.2 Å². The highest BCUT2D eigenvalue weighted by molar-refractivity contribution is 5.87. The number of benzene rings is 2. The van der Waals surface area contributed by atoms with Gasteiger partial charge in [0.15, 0.2) is 0 Å². The summed E-state index contributed by atoms with van der Waals surface area (Å²) in [6, 6.07) is 18.3. The molecule has 4 rings (SSSR count). The summed E-state index contributed by atoms with van der Waals surface area (Å²) in [5.41, 5.74) is 5.17. The minimum absolute atomic E-state index is 0.0729. The fourth-order valence-electron chi connectivity index (χ4n) is 4.52. The van der Waals surface area contributed by atoms with E-state index in [9.17, 15) is 9.59 Å². The Balaban J connectivity index is 1.50. The van der Waals surface area contributed by atoms with Crippen LogP contribution in [-0.4, -0.2) is 61.1 Å². The lowest BCUT2D eigenvalue weighted by atomic mass is 10.1. The molecule has 0 saturated carbocycles. The number of fused-ring (bicyclic) bond motifs is 1. The van der Waals surface area contributed by atoms with Crippen molar-refractivity contribution >= 4 is 17.5 Å². The van der Waals surface area contributed by atoms with Crippen LogP contribution in [0.3, 0.4) is 0 Å². The van der Waals surface area contributed by atoms with Crippen molar-refractivity contribution in [2.75, 3.05) is 38.1 Å². The van der Waals surface area contributed by atoms with Crippen molar-refractivity contribution in [1.29, 1.82) is 0 Å². The molecule has 8 nitrogen and oxygen atoms in total. The van der Waals surface area contributed by atoms with Crippen LogP contribution in [0.1, 0.15) is 30.5 Å². The third-order valence-electron chi connectivity index (χ3n) is 6.63. The highest BCUT2D eigenvalue weighted by atomic mass is 16.3. The molecule has 1 aromatic heterocycles. The van der Waals surface area contributed by atoms with Gasteiger partial charge in [-0.15, -0.1) is 0 Å². The van der Waals surface area contributed by atoms with Crippen molar-refractivity contribution in [2.24, 2.45) is 0 Å². The molecule has 1 aliphatic heterocycles. The van der Waals surface area contributed by atoms with Gasteiger partial charge in [0.1, 0.15) is 5.76 Å². The van der Waals surface area contributed by atoms with Crippen LogP contribution < -0.4 is 15.5 Å². The molecular weight excluding hydrogens is 466 g/mol. The number of carbonyl (C=O) groups excluding carboxylic acids is 2. The van der Waals surface area contributed by atoms with Gasteiger partial charge in [-0.3, -0.25) is 14.6 Å². The molecule has 196 valence electrons. The minimum atomic E-state index is -0.127. The largest absolute Gasteiger partial charge is 0.464 e. The van der Waals surface area contributed by atoms with Gasteiger partial charge >= 0.3 is 0 Å². The number of hydrazine groups is 1. The zero-order valence-electron chi connectivity index (χ0n) is 22.2. The van der Waals surface area contributed by atoms with E-state index in [1.54, 1.807) is 18.3 Å². The molecule has 2 aromatic carbocycles. The number of amides is 2. The molecule has 2 N–H and O–H groups in total. The number of hydrogen-bond acceptors (Lipinski definition) is 6. The second-order valence-electron chi connectivity index (χ2n) is 9.80. The van der Waals surface area contributed by atoms with E-state index in [0.29, 0.717) is 32.2 Å². The van der Waals surface area contributed by atoms with Gasteiger partial charge in [0.2, 0.25) is 5.91 Å². The first kappa shape index (κ1) is 26.4. The third kappa shape index (κ3) is 6.78. The Morgan fingerprint density at radius 1 is 1.00 bits per heavy atom. The number of carbonyl (C=O) groups is 2. The van der Waals surface area contributed by atoms with E-state index in [-0.39, 0.29) is 24.9 Å². The summed E-state index contributed by atoms with van der Waals surface area (Å²) in [6.07, 6.45) is 1.64. The fraction of sp³-hybridized carbons (Fsp3) is 0.379. The van der Waals surface area contributed by atoms with E-state index in [1.807, 2.05) is 59.3 Å². The SMILES string of the molecule is Cc1ccc(-c2ccco2)cc1N(CC(=O)NCCNC(C)C)CC(=O)N(C)N1Cc2ccccc2C1. The van der Waals surface area contributed by atoms with Gasteiger partial charge in [0.05, 0.1) is 19.4 Å². The quantitative estimate of drug-likeness (QED) is 0.390. The van der Waals surface area contributed by atoms with Gasteiger partial charge in [-0.05, 0) is 41.8 Å². The smallest absolute Gasteiger partial charge is 0.256 e. The summed E-state index contributed by atoms with van der Waals surface area (Å²) in [6.45, 7) is 8.86. The van der Waals surface area contributed by atoms with Crippen LogP contribution in [0.15, 0.2) is 65.3 Å². The van der Waals surface area contributed by atoms with Crippen LogP contribution in [0.5, 0.6) is 0 Å². The molecule has 0 unspecified atom stereocenters. The van der Waals surface area contributed by atoms with E-state index in [1.165, 1.54) is 11.1 Å². The predicted molar refractivity (Wildman–Crippen MR) is 146 cm³/mol. The molecule has 3 aromatic rings. The maximum atomic E-state index is 13.5. The summed E-state index contributed by atoms with van der Waals surface area (Å²) >= 11 is 0. The molecule has 0 saturated heterocycles. The standard InChI is InChI=1S/C29H37N5O3/c1-21(2)30-13-14-31-28(35)19-33(26-16-23(12-11-22(26)3)27-10-7-15-37-27)20-29(36)32(4)34-17-24-8-5-6-9-25(24)18-34/h5-12,15-16,21,30H,13-14,17-20H2,1-4H3,(H,31,35). The zero-order chi connectivity index (χ0) is 26.4. The van der Waals surface area contributed by atoms with E-state index >= 15 is 0 Å². The second-order valence-corrected chi connectivity index (χ2v) is 9.80. The minimum Gasteiger partial charge on any atom is -0.464 e. The maximum Gasteiger partial charge on any atom is 0.256 e. The average molecular weight is 504 g/mol. The number of anilines is 1. The van der Waals surface area contributed by atoms with Crippen molar-refractivity contribution in [3.8, 4) is 11.3 Å². The lowest BCUT2D eigenvalue weighted by Crippen LogP contribution is -2.48. The second kappa shape index (κ2) is 12.1. The molecule has 0 aliphatic carbocycles. The normalized spacial score (nSPS) is 13.0. The van der Waals surface area contributed by atoms with Crippen molar-refractivity contribution in [3.63, 3.8) is 0 Å². The average Bonchev–Trinajstić information content (AvgIpc) is 3.56. The van der Waals surface area contributed by atoms with E-state index < -0.39 is 0 Å². The molecule has 1 aliphatic rings. The number of aryl methyl sites for hydroxylation is 1. The molecule has 2 heterocycles. The molecule has 0 fully saturated rings. The Morgan fingerprint density at radius 3 is 2.38 bits per heavy atom. The van der Waals surface area contributed by atoms with Crippen LogP contribution >= 0.6 is 0 Å². The number of hydrogen-bond donors (Lipinski definition) is 2. The van der Waals surface area contributed by atoms with Gasteiger partial charge in [0, 0.05) is 50.5 Å². The Labute approximate surface area is 219 Å². The number of rotatable bonds is 11. The van der Waals surface area contributed by atoms with E-state index in [2.05, 4.69) is 36.6 Å². The Kier molecular flexibility index (Phi) is 8.63. The van der Waals surface area contributed by atoms with Crippen LogP contribution in [0.25, 0.3) is 11.3 Å². The number of likely N-dealkylation sites (N-methyl/N-ethyl adjacent to an activating group) is 1. The summed E-state index contributed by atoms with van der Waals surface area (Å²) in [7, 11) is 1.80. The highest BCUT2D eigenvalue weighted by Crippen LogP contribution is 2.29. The first-order valence-electron chi connectivity index (χ1n) is 12.8.